The number of carboxylic acids is 1. The first-order valence-corrected chi connectivity index (χ1v) is 7.76. The van der Waals surface area contributed by atoms with E-state index in [4.69, 9.17) is 9.47 Å². The summed E-state index contributed by atoms with van der Waals surface area (Å²) in [5.74, 6) is -1.33. The highest BCUT2D eigenvalue weighted by atomic mass is 16.6. The Labute approximate surface area is 127 Å². The Morgan fingerprint density at radius 1 is 1.14 bits per heavy atom. The first-order chi connectivity index (χ1) is 9.98. The molecule has 0 aromatic carbocycles. The minimum atomic E-state index is -1.55. The summed E-state index contributed by atoms with van der Waals surface area (Å²) in [6, 6.07) is 0. The Bertz CT molecular complexity index is 321. The van der Waals surface area contributed by atoms with Gasteiger partial charge in [0.2, 0.25) is 11.5 Å². The summed E-state index contributed by atoms with van der Waals surface area (Å²) in [7, 11) is 0. The second-order valence-corrected chi connectivity index (χ2v) is 4.84. The number of hydrogen-bond donors (Lipinski definition) is 2. The molecule has 6 heteroatoms. The molecule has 0 aliphatic carbocycles. The number of unbranched alkanes of at least 4 members (excludes halogenated alkanes) is 2. The van der Waals surface area contributed by atoms with Crippen molar-refractivity contribution in [1.82, 2.24) is 5.32 Å². The van der Waals surface area contributed by atoms with Crippen molar-refractivity contribution >= 4 is 11.9 Å². The van der Waals surface area contributed by atoms with Crippen LogP contribution >= 0.6 is 0 Å². The van der Waals surface area contributed by atoms with E-state index in [1.54, 1.807) is 20.8 Å². The lowest BCUT2D eigenvalue weighted by molar-refractivity contribution is -0.195. The van der Waals surface area contributed by atoms with Gasteiger partial charge in [-0.05, 0) is 26.7 Å². The quantitative estimate of drug-likeness (QED) is 0.427. The Morgan fingerprint density at radius 2 is 1.81 bits per heavy atom. The molecule has 2 unspecified atom stereocenters. The van der Waals surface area contributed by atoms with E-state index >= 15 is 0 Å². The largest absolute Gasteiger partial charge is 0.479 e. The Kier molecular flexibility index (Phi) is 9.99. The maximum absolute atomic E-state index is 12.0. The van der Waals surface area contributed by atoms with Crippen molar-refractivity contribution in [2.45, 2.75) is 71.6 Å². The molecule has 1 amide bonds. The molecule has 0 rings (SSSR count). The summed E-state index contributed by atoms with van der Waals surface area (Å²) in [6.07, 6.45) is 2.35. The van der Waals surface area contributed by atoms with Gasteiger partial charge in [-0.15, -0.1) is 0 Å². The number of rotatable bonds is 12. The van der Waals surface area contributed by atoms with E-state index in [9.17, 15) is 14.7 Å². The number of aliphatic carboxylic acids is 1. The lowest BCUT2D eigenvalue weighted by atomic mass is 9.97. The van der Waals surface area contributed by atoms with Gasteiger partial charge in [0.25, 0.3) is 0 Å². The molecule has 124 valence electrons. The van der Waals surface area contributed by atoms with Gasteiger partial charge in [0, 0.05) is 19.6 Å². The highest BCUT2D eigenvalue weighted by Gasteiger charge is 2.47. The van der Waals surface area contributed by atoms with E-state index in [2.05, 4.69) is 12.2 Å². The van der Waals surface area contributed by atoms with Crippen LogP contribution in [0.5, 0.6) is 0 Å². The monoisotopic (exact) mass is 303 g/mol. The molecule has 2 atom stereocenters. The summed E-state index contributed by atoms with van der Waals surface area (Å²) in [4.78, 5) is 23.6. The molecule has 0 aromatic rings. The fourth-order valence-corrected chi connectivity index (χ4v) is 2.16. The topological polar surface area (TPSA) is 84.9 Å². The molecule has 0 saturated carbocycles. The van der Waals surface area contributed by atoms with Crippen molar-refractivity contribution in [2.24, 2.45) is 0 Å². The van der Waals surface area contributed by atoms with Crippen LogP contribution in [0.1, 0.15) is 59.8 Å². The summed E-state index contributed by atoms with van der Waals surface area (Å²) < 4.78 is 10.9. The molecular weight excluding hydrogens is 274 g/mol. The van der Waals surface area contributed by atoms with Crippen LogP contribution in [0.25, 0.3) is 0 Å². The third-order valence-electron chi connectivity index (χ3n) is 3.35. The van der Waals surface area contributed by atoms with Crippen molar-refractivity contribution in [3.8, 4) is 0 Å². The normalized spacial score (nSPS) is 15.2. The van der Waals surface area contributed by atoms with E-state index in [1.807, 2.05) is 0 Å². The van der Waals surface area contributed by atoms with Crippen molar-refractivity contribution in [1.29, 1.82) is 0 Å². The van der Waals surface area contributed by atoms with Crippen LogP contribution < -0.4 is 5.32 Å². The number of amides is 1. The number of ether oxygens (including phenoxy) is 2. The predicted molar refractivity (Wildman–Crippen MR) is 80.0 cm³/mol. The summed E-state index contributed by atoms with van der Waals surface area (Å²) in [5.41, 5.74) is -1.55. The van der Waals surface area contributed by atoms with Crippen molar-refractivity contribution < 1.29 is 24.2 Å². The standard InChI is InChI=1S/C15H29NO5/c1-5-9-10-11-12(17)16-13(20-7-3)15(6-2,14(18)19)21-8-4/h13H,5-11H2,1-4H3,(H,16,17)(H,18,19). The smallest absolute Gasteiger partial charge is 0.340 e. The Morgan fingerprint density at radius 3 is 2.24 bits per heavy atom. The highest BCUT2D eigenvalue weighted by Crippen LogP contribution is 2.23. The number of carbonyl (C=O) groups excluding carboxylic acids is 1. The van der Waals surface area contributed by atoms with E-state index < -0.39 is 17.8 Å². The average molecular weight is 303 g/mol. The van der Waals surface area contributed by atoms with E-state index in [1.165, 1.54) is 0 Å². The minimum Gasteiger partial charge on any atom is -0.479 e. The lowest BCUT2D eigenvalue weighted by Crippen LogP contribution is -2.60. The van der Waals surface area contributed by atoms with Gasteiger partial charge >= 0.3 is 5.97 Å². The van der Waals surface area contributed by atoms with Gasteiger partial charge in [0.1, 0.15) is 0 Å². The first kappa shape index (κ1) is 19.9. The fraction of sp³-hybridized carbons (Fsp3) is 0.867. The van der Waals surface area contributed by atoms with Crippen LogP contribution in [0.4, 0.5) is 0 Å². The maximum atomic E-state index is 12.0. The van der Waals surface area contributed by atoms with Gasteiger partial charge in [0.15, 0.2) is 6.23 Å². The molecule has 0 spiro atoms. The van der Waals surface area contributed by atoms with Crippen molar-refractivity contribution in [2.75, 3.05) is 13.2 Å². The number of carboxylic acid groups (broad SMARTS) is 1. The molecule has 6 nitrogen and oxygen atoms in total. The van der Waals surface area contributed by atoms with Crippen LogP contribution in [0.15, 0.2) is 0 Å². The highest BCUT2D eigenvalue weighted by molar-refractivity contribution is 5.81. The second kappa shape index (κ2) is 10.6. The van der Waals surface area contributed by atoms with Crippen LogP contribution in [-0.2, 0) is 19.1 Å². The van der Waals surface area contributed by atoms with Crippen molar-refractivity contribution in [3.63, 3.8) is 0 Å². The van der Waals surface area contributed by atoms with Crippen LogP contribution in [0, 0.1) is 0 Å². The van der Waals surface area contributed by atoms with E-state index in [0.717, 1.165) is 19.3 Å². The van der Waals surface area contributed by atoms with Gasteiger partial charge in [-0.1, -0.05) is 26.7 Å². The van der Waals surface area contributed by atoms with Crippen LogP contribution in [-0.4, -0.2) is 42.0 Å². The zero-order valence-electron chi connectivity index (χ0n) is 13.6. The minimum absolute atomic E-state index is 0.204. The average Bonchev–Trinajstić information content (AvgIpc) is 2.44. The first-order valence-electron chi connectivity index (χ1n) is 7.76. The Hall–Kier alpha value is -1.14. The number of hydrogen-bond acceptors (Lipinski definition) is 4. The molecule has 0 aromatic heterocycles. The molecule has 0 radical (unpaired) electrons. The van der Waals surface area contributed by atoms with E-state index in [0.29, 0.717) is 13.0 Å². The van der Waals surface area contributed by atoms with Gasteiger partial charge < -0.3 is 19.9 Å². The lowest BCUT2D eigenvalue weighted by Gasteiger charge is -2.35. The van der Waals surface area contributed by atoms with Gasteiger partial charge in [-0.2, -0.15) is 0 Å². The molecule has 0 aliphatic rings. The Balaban J connectivity index is 4.96. The molecular formula is C15H29NO5. The molecule has 0 aliphatic heterocycles. The summed E-state index contributed by atoms with van der Waals surface area (Å²) in [5, 5.41) is 12.2. The number of nitrogens with one attached hydrogen (secondary N) is 1. The fourth-order valence-electron chi connectivity index (χ4n) is 2.16. The molecule has 0 fully saturated rings. The molecule has 0 bridgehead atoms. The van der Waals surface area contributed by atoms with Crippen molar-refractivity contribution in [3.05, 3.63) is 0 Å². The summed E-state index contributed by atoms with van der Waals surface area (Å²) in [6.45, 7) is 7.77. The van der Waals surface area contributed by atoms with E-state index in [-0.39, 0.29) is 18.9 Å². The van der Waals surface area contributed by atoms with Gasteiger partial charge in [-0.3, -0.25) is 4.79 Å². The molecule has 21 heavy (non-hydrogen) atoms. The molecule has 0 heterocycles. The predicted octanol–water partition coefficient (Wildman–Crippen LogP) is 2.32. The molecule has 2 N–H and O–H groups in total. The molecule has 0 saturated heterocycles. The third-order valence-corrected chi connectivity index (χ3v) is 3.35. The second-order valence-electron chi connectivity index (χ2n) is 4.84. The SMILES string of the molecule is CCCCCC(=O)NC(OCC)C(CC)(OCC)C(=O)O. The summed E-state index contributed by atoms with van der Waals surface area (Å²) >= 11 is 0. The zero-order chi connectivity index (χ0) is 16.3. The zero-order valence-corrected chi connectivity index (χ0v) is 13.6. The van der Waals surface area contributed by atoms with Gasteiger partial charge in [-0.25, -0.2) is 4.79 Å². The van der Waals surface area contributed by atoms with Crippen LogP contribution in [0.3, 0.4) is 0 Å². The maximum Gasteiger partial charge on any atom is 0.340 e. The van der Waals surface area contributed by atoms with Crippen LogP contribution in [0.2, 0.25) is 0 Å². The number of carbonyl (C=O) groups is 2. The van der Waals surface area contributed by atoms with Gasteiger partial charge in [0.05, 0.1) is 0 Å². The third kappa shape index (κ3) is 6.01.